The summed E-state index contributed by atoms with van der Waals surface area (Å²) >= 11 is 5.82. The van der Waals surface area contributed by atoms with Gasteiger partial charge in [-0.25, -0.2) is 0 Å². The number of Topliss-reactive ketones (excluding diaryl/α,β-unsaturated/α-hetero) is 1. The molecule has 0 saturated carbocycles. The zero-order valence-corrected chi connectivity index (χ0v) is 12.4. The lowest BCUT2D eigenvalue weighted by molar-refractivity contribution is 0.0969. The maximum absolute atomic E-state index is 12.2. The Hall–Kier alpha value is -1.45. The molecule has 3 nitrogen and oxygen atoms in total. The van der Waals surface area contributed by atoms with Crippen molar-refractivity contribution < 1.29 is 4.79 Å². The van der Waals surface area contributed by atoms with Gasteiger partial charge in [0.15, 0.2) is 5.78 Å². The zero-order chi connectivity index (χ0) is 13.2. The fourth-order valence-electron chi connectivity index (χ4n) is 2.42. The van der Waals surface area contributed by atoms with Crippen molar-refractivity contribution in [2.24, 2.45) is 0 Å². The van der Waals surface area contributed by atoms with Crippen molar-refractivity contribution in [1.29, 1.82) is 0 Å². The van der Waals surface area contributed by atoms with Crippen LogP contribution >= 0.6 is 24.0 Å². The van der Waals surface area contributed by atoms with Crippen LogP contribution in [0.1, 0.15) is 29.6 Å². The molecule has 0 saturated heterocycles. The third-order valence-corrected chi connectivity index (χ3v) is 3.66. The van der Waals surface area contributed by atoms with E-state index in [2.05, 4.69) is 22.8 Å². The number of rotatable bonds is 3. The van der Waals surface area contributed by atoms with Crippen molar-refractivity contribution >= 4 is 29.8 Å². The number of benzene rings is 1. The number of hydrogen-bond acceptors (Lipinski definition) is 3. The smallest absolute Gasteiger partial charge is 0.166 e. The Labute approximate surface area is 129 Å². The molecular formula is C15H16Cl2N2O. The first-order valence-corrected chi connectivity index (χ1v) is 6.82. The summed E-state index contributed by atoms with van der Waals surface area (Å²) in [5.74, 6) is 0.116. The number of hydrogen-bond donors (Lipinski definition) is 2. The highest BCUT2D eigenvalue weighted by Gasteiger charge is 2.24. The minimum absolute atomic E-state index is 0. The quantitative estimate of drug-likeness (QED) is 0.841. The van der Waals surface area contributed by atoms with E-state index in [1.54, 1.807) is 24.3 Å². The van der Waals surface area contributed by atoms with Crippen LogP contribution in [0.25, 0.3) is 0 Å². The molecule has 2 N–H and O–H groups in total. The van der Waals surface area contributed by atoms with Crippen molar-refractivity contribution in [3.8, 4) is 0 Å². The molecule has 0 aromatic heterocycles. The fourth-order valence-corrected chi connectivity index (χ4v) is 2.55. The molecule has 0 amide bonds. The molecule has 0 bridgehead atoms. The highest BCUT2D eigenvalue weighted by Crippen LogP contribution is 2.21. The van der Waals surface area contributed by atoms with Crippen LogP contribution in [-0.4, -0.2) is 11.9 Å². The van der Waals surface area contributed by atoms with Crippen LogP contribution in [0.2, 0.25) is 5.02 Å². The minimum Gasteiger partial charge on any atom is -0.367 e. The molecule has 1 aromatic carbocycles. The van der Waals surface area contributed by atoms with Gasteiger partial charge in [0.2, 0.25) is 0 Å². The second-order valence-electron chi connectivity index (χ2n) is 4.81. The third kappa shape index (κ3) is 3.17. The van der Waals surface area contributed by atoms with Crippen LogP contribution in [0.3, 0.4) is 0 Å². The van der Waals surface area contributed by atoms with Crippen molar-refractivity contribution in [1.82, 2.24) is 10.6 Å². The Morgan fingerprint density at radius 2 is 2.00 bits per heavy atom. The van der Waals surface area contributed by atoms with Gasteiger partial charge in [0.05, 0.1) is 5.70 Å². The van der Waals surface area contributed by atoms with E-state index in [1.807, 2.05) is 0 Å². The molecular weight excluding hydrogens is 295 g/mol. The van der Waals surface area contributed by atoms with Crippen LogP contribution in [-0.2, 0) is 0 Å². The largest absolute Gasteiger partial charge is 0.367 e. The van der Waals surface area contributed by atoms with Gasteiger partial charge in [-0.15, -0.1) is 12.4 Å². The molecule has 20 heavy (non-hydrogen) atoms. The Balaban J connectivity index is 0.00000147. The lowest BCUT2D eigenvalue weighted by Crippen LogP contribution is -2.35. The number of halogens is 2. The molecule has 1 atom stereocenters. The summed E-state index contributed by atoms with van der Waals surface area (Å²) in [6.45, 7) is 0. The first-order chi connectivity index (χ1) is 9.22. The molecule has 2 aliphatic rings. The van der Waals surface area contributed by atoms with E-state index >= 15 is 0 Å². The van der Waals surface area contributed by atoms with Gasteiger partial charge in [0.25, 0.3) is 0 Å². The molecule has 1 aliphatic heterocycles. The predicted molar refractivity (Wildman–Crippen MR) is 83.1 cm³/mol. The van der Waals surface area contributed by atoms with Crippen LogP contribution in [0.5, 0.6) is 0 Å². The Morgan fingerprint density at radius 1 is 1.25 bits per heavy atom. The van der Waals surface area contributed by atoms with E-state index in [9.17, 15) is 4.79 Å². The molecule has 1 unspecified atom stereocenters. The summed E-state index contributed by atoms with van der Waals surface area (Å²) in [5.41, 5.74) is 3.05. The number of carbonyl (C=O) groups is 1. The molecule has 3 rings (SSSR count). The lowest BCUT2D eigenvalue weighted by Gasteiger charge is -2.13. The van der Waals surface area contributed by atoms with Crippen molar-refractivity contribution in [2.75, 3.05) is 0 Å². The van der Waals surface area contributed by atoms with Crippen LogP contribution in [0.15, 0.2) is 47.8 Å². The monoisotopic (exact) mass is 310 g/mol. The Morgan fingerprint density at radius 3 is 2.70 bits per heavy atom. The molecule has 106 valence electrons. The summed E-state index contributed by atoms with van der Waals surface area (Å²) in [6.07, 6.45) is 6.74. The van der Waals surface area contributed by atoms with Crippen molar-refractivity contribution in [2.45, 2.75) is 25.4 Å². The van der Waals surface area contributed by atoms with E-state index in [0.29, 0.717) is 17.0 Å². The lowest BCUT2D eigenvalue weighted by atomic mass is 10.1. The summed E-state index contributed by atoms with van der Waals surface area (Å²) in [6, 6.07) is 7.03. The number of allylic oxidation sites excluding steroid dienone is 3. The highest BCUT2D eigenvalue weighted by molar-refractivity contribution is 6.30. The van der Waals surface area contributed by atoms with E-state index in [0.717, 1.165) is 18.5 Å². The van der Waals surface area contributed by atoms with Gasteiger partial charge in [0, 0.05) is 22.7 Å². The number of ketones is 1. The maximum Gasteiger partial charge on any atom is 0.166 e. The van der Waals surface area contributed by atoms with E-state index in [4.69, 9.17) is 11.6 Å². The Kier molecular flexibility index (Phi) is 4.73. The van der Waals surface area contributed by atoms with Gasteiger partial charge in [-0.05, 0) is 43.2 Å². The summed E-state index contributed by atoms with van der Waals surface area (Å²) in [5, 5.41) is 7.36. The SMILES string of the molecule is Cl.O=C(CC1NC2=C(CCC=C2)N1)c1ccc(Cl)cc1. The van der Waals surface area contributed by atoms with Crippen LogP contribution in [0.4, 0.5) is 0 Å². The standard InChI is InChI=1S/C15H15ClN2O.ClH/c16-11-7-5-10(6-8-11)14(19)9-15-17-12-3-1-2-4-13(12)18-15;/h1,3,5-8,15,17-18H,2,4,9H2;1H. The Bertz CT molecular complexity index is 564. The maximum atomic E-state index is 12.2. The van der Waals surface area contributed by atoms with E-state index in [-0.39, 0.29) is 24.4 Å². The van der Waals surface area contributed by atoms with E-state index < -0.39 is 0 Å². The summed E-state index contributed by atoms with van der Waals surface area (Å²) in [4.78, 5) is 12.2. The molecule has 1 aliphatic carbocycles. The van der Waals surface area contributed by atoms with Gasteiger partial charge < -0.3 is 10.6 Å². The van der Waals surface area contributed by atoms with Crippen molar-refractivity contribution in [3.05, 3.63) is 58.4 Å². The molecule has 5 heteroatoms. The second-order valence-corrected chi connectivity index (χ2v) is 5.25. The van der Waals surface area contributed by atoms with E-state index in [1.165, 1.54) is 5.70 Å². The van der Waals surface area contributed by atoms with Crippen molar-refractivity contribution in [3.63, 3.8) is 0 Å². The molecule has 0 radical (unpaired) electrons. The van der Waals surface area contributed by atoms with Gasteiger partial charge in [-0.2, -0.15) is 0 Å². The van der Waals surface area contributed by atoms with Gasteiger partial charge >= 0.3 is 0 Å². The molecule has 1 heterocycles. The van der Waals surface area contributed by atoms with Crippen LogP contribution in [0, 0.1) is 0 Å². The molecule has 1 aromatic rings. The minimum atomic E-state index is -0.00377. The van der Waals surface area contributed by atoms with Gasteiger partial charge in [-0.1, -0.05) is 17.7 Å². The third-order valence-electron chi connectivity index (χ3n) is 3.40. The van der Waals surface area contributed by atoms with Gasteiger partial charge in [-0.3, -0.25) is 4.79 Å². The summed E-state index contributed by atoms with van der Waals surface area (Å²) in [7, 11) is 0. The average molecular weight is 311 g/mol. The molecule has 0 spiro atoms. The zero-order valence-electron chi connectivity index (χ0n) is 10.9. The second kappa shape index (κ2) is 6.33. The summed E-state index contributed by atoms with van der Waals surface area (Å²) < 4.78 is 0. The average Bonchev–Trinajstić information content (AvgIpc) is 2.81. The fraction of sp³-hybridized carbons (Fsp3) is 0.267. The highest BCUT2D eigenvalue weighted by atomic mass is 35.5. The topological polar surface area (TPSA) is 41.1 Å². The number of carbonyl (C=O) groups excluding carboxylic acids is 1. The first-order valence-electron chi connectivity index (χ1n) is 6.44. The molecule has 0 fully saturated rings. The first kappa shape index (κ1) is 14.9. The van der Waals surface area contributed by atoms with Crippen LogP contribution < -0.4 is 10.6 Å². The normalized spacial score (nSPS) is 19.8. The predicted octanol–water partition coefficient (Wildman–Crippen LogP) is 3.42. The number of nitrogens with one attached hydrogen (secondary N) is 2. The van der Waals surface area contributed by atoms with Gasteiger partial charge in [0.1, 0.15) is 6.17 Å².